The maximum Gasteiger partial charge on any atom is 0.00174 e. The van der Waals surface area contributed by atoms with E-state index in [0.29, 0.717) is 5.92 Å². The van der Waals surface area contributed by atoms with Crippen molar-refractivity contribution in [2.75, 3.05) is 0 Å². The molecule has 0 bridgehead atoms. The molecule has 0 aliphatic heterocycles. The number of rotatable bonds is 2. The summed E-state index contributed by atoms with van der Waals surface area (Å²) in [5.74, 6) is 0.428. The fraction of sp³-hybridized carbons (Fsp3) is 0.304. The summed E-state index contributed by atoms with van der Waals surface area (Å²) in [5.41, 5.74) is 12.2. The summed E-state index contributed by atoms with van der Waals surface area (Å²) in [7, 11) is 0. The van der Waals surface area contributed by atoms with E-state index in [9.17, 15) is 0 Å². The summed E-state index contributed by atoms with van der Waals surface area (Å²) in [6.45, 7) is 17.2. The second kappa shape index (κ2) is 5.85. The van der Waals surface area contributed by atoms with Crippen molar-refractivity contribution < 1.29 is 0 Å². The van der Waals surface area contributed by atoms with Gasteiger partial charge in [0.25, 0.3) is 0 Å². The summed E-state index contributed by atoms with van der Waals surface area (Å²) < 4.78 is 0. The SMILES string of the molecule is C=C1CC(=CC2=CC=C(c3c(C)cc(C)cc3C)C2)C(=C)C1C. The van der Waals surface area contributed by atoms with Crippen molar-refractivity contribution in [3.8, 4) is 0 Å². The van der Waals surface area contributed by atoms with Crippen LogP contribution in [0, 0.1) is 26.7 Å². The van der Waals surface area contributed by atoms with Gasteiger partial charge in [0, 0.05) is 5.92 Å². The van der Waals surface area contributed by atoms with Gasteiger partial charge in [0.2, 0.25) is 0 Å². The molecule has 1 saturated carbocycles. The van der Waals surface area contributed by atoms with Crippen LogP contribution in [0.2, 0.25) is 0 Å². The Morgan fingerprint density at radius 2 is 1.65 bits per heavy atom. The quantitative estimate of drug-likeness (QED) is 0.554. The minimum absolute atomic E-state index is 0.428. The van der Waals surface area contributed by atoms with Crippen molar-refractivity contribution in [1.29, 1.82) is 0 Å². The molecule has 3 rings (SSSR count). The highest BCUT2D eigenvalue weighted by molar-refractivity contribution is 5.77. The number of hydrogen-bond acceptors (Lipinski definition) is 0. The summed E-state index contributed by atoms with van der Waals surface area (Å²) >= 11 is 0. The van der Waals surface area contributed by atoms with Gasteiger partial charge >= 0.3 is 0 Å². The van der Waals surface area contributed by atoms with Crippen molar-refractivity contribution in [3.63, 3.8) is 0 Å². The Morgan fingerprint density at radius 1 is 1.00 bits per heavy atom. The van der Waals surface area contributed by atoms with Gasteiger partial charge in [-0.2, -0.15) is 0 Å². The first-order chi connectivity index (χ1) is 10.9. The van der Waals surface area contributed by atoms with E-state index in [0.717, 1.165) is 12.8 Å². The molecule has 1 fully saturated rings. The Morgan fingerprint density at radius 3 is 2.22 bits per heavy atom. The van der Waals surface area contributed by atoms with Crippen LogP contribution in [0.5, 0.6) is 0 Å². The fourth-order valence-electron chi connectivity index (χ4n) is 3.91. The van der Waals surface area contributed by atoms with Gasteiger partial charge in [-0.25, -0.2) is 0 Å². The van der Waals surface area contributed by atoms with Crippen LogP contribution >= 0.6 is 0 Å². The molecule has 0 heteroatoms. The van der Waals surface area contributed by atoms with Crippen LogP contribution in [-0.4, -0.2) is 0 Å². The first-order valence-electron chi connectivity index (χ1n) is 8.42. The second-order valence-electron chi connectivity index (χ2n) is 7.14. The first kappa shape index (κ1) is 15.8. The molecule has 0 nitrogen and oxygen atoms in total. The monoisotopic (exact) mass is 302 g/mol. The fourth-order valence-corrected chi connectivity index (χ4v) is 3.91. The van der Waals surface area contributed by atoms with Crippen LogP contribution in [0.1, 0.15) is 42.0 Å². The van der Waals surface area contributed by atoms with Crippen LogP contribution in [0.4, 0.5) is 0 Å². The number of allylic oxidation sites excluding steroid dienone is 8. The van der Waals surface area contributed by atoms with Crippen LogP contribution in [-0.2, 0) is 0 Å². The maximum absolute atomic E-state index is 4.25. The highest BCUT2D eigenvalue weighted by Gasteiger charge is 2.24. The molecule has 0 amide bonds. The van der Waals surface area contributed by atoms with Crippen molar-refractivity contribution >= 4 is 5.57 Å². The number of hydrogen-bond donors (Lipinski definition) is 0. The van der Waals surface area contributed by atoms with Crippen LogP contribution in [0.3, 0.4) is 0 Å². The Labute approximate surface area is 140 Å². The normalized spacial score (nSPS) is 22.8. The van der Waals surface area contributed by atoms with E-state index in [2.05, 4.69) is 71.2 Å². The lowest BCUT2D eigenvalue weighted by atomic mass is 9.92. The van der Waals surface area contributed by atoms with Crippen molar-refractivity contribution in [2.45, 2.75) is 40.5 Å². The molecule has 1 aromatic carbocycles. The van der Waals surface area contributed by atoms with Gasteiger partial charge in [0.1, 0.15) is 0 Å². The lowest BCUT2D eigenvalue weighted by molar-refractivity contribution is 0.868. The van der Waals surface area contributed by atoms with E-state index in [4.69, 9.17) is 0 Å². The molecule has 2 aliphatic rings. The molecule has 1 atom stereocenters. The van der Waals surface area contributed by atoms with Gasteiger partial charge < -0.3 is 0 Å². The molecule has 0 radical (unpaired) electrons. The molecule has 0 saturated heterocycles. The Bertz CT molecular complexity index is 770. The average molecular weight is 302 g/mol. The summed E-state index contributed by atoms with van der Waals surface area (Å²) in [6, 6.07) is 4.56. The Balaban J connectivity index is 1.82. The molecule has 2 aliphatic carbocycles. The summed E-state index contributed by atoms with van der Waals surface area (Å²) in [4.78, 5) is 0. The molecule has 0 N–H and O–H groups in total. The maximum atomic E-state index is 4.25. The molecule has 118 valence electrons. The third-order valence-corrected chi connectivity index (χ3v) is 5.22. The zero-order chi connectivity index (χ0) is 16.7. The van der Waals surface area contributed by atoms with Gasteiger partial charge in [0.05, 0.1) is 0 Å². The first-order valence-corrected chi connectivity index (χ1v) is 8.42. The number of benzene rings is 1. The van der Waals surface area contributed by atoms with E-state index in [-0.39, 0.29) is 0 Å². The van der Waals surface area contributed by atoms with Crippen molar-refractivity contribution in [1.82, 2.24) is 0 Å². The van der Waals surface area contributed by atoms with Gasteiger partial charge in [-0.15, -0.1) is 0 Å². The zero-order valence-electron chi connectivity index (χ0n) is 14.8. The highest BCUT2D eigenvalue weighted by atomic mass is 14.3. The minimum Gasteiger partial charge on any atom is -0.0989 e. The Kier molecular flexibility index (Phi) is 4.02. The van der Waals surface area contributed by atoms with Crippen LogP contribution in [0.15, 0.2) is 65.8 Å². The van der Waals surface area contributed by atoms with E-state index < -0.39 is 0 Å². The van der Waals surface area contributed by atoms with E-state index in [1.165, 1.54) is 50.1 Å². The molecule has 0 spiro atoms. The highest BCUT2D eigenvalue weighted by Crippen LogP contribution is 2.40. The van der Waals surface area contributed by atoms with Gasteiger partial charge in [-0.3, -0.25) is 0 Å². The molecule has 23 heavy (non-hydrogen) atoms. The lowest BCUT2D eigenvalue weighted by Crippen LogP contribution is -1.94. The average Bonchev–Trinajstić information content (AvgIpc) is 3.00. The summed E-state index contributed by atoms with van der Waals surface area (Å²) in [6.07, 6.45) is 8.88. The topological polar surface area (TPSA) is 0 Å². The molecule has 0 heterocycles. The van der Waals surface area contributed by atoms with Crippen molar-refractivity contribution in [2.24, 2.45) is 5.92 Å². The molecule has 0 aromatic heterocycles. The third kappa shape index (κ3) is 2.91. The Hall–Kier alpha value is -2.08. The molecular weight excluding hydrogens is 276 g/mol. The van der Waals surface area contributed by atoms with Gasteiger partial charge in [0.15, 0.2) is 0 Å². The minimum atomic E-state index is 0.428. The van der Waals surface area contributed by atoms with E-state index in [1.54, 1.807) is 0 Å². The third-order valence-electron chi connectivity index (χ3n) is 5.22. The van der Waals surface area contributed by atoms with Gasteiger partial charge in [-0.1, -0.05) is 61.6 Å². The van der Waals surface area contributed by atoms with Gasteiger partial charge in [-0.05, 0) is 72.6 Å². The molecule has 1 unspecified atom stereocenters. The van der Waals surface area contributed by atoms with Crippen molar-refractivity contribution in [3.05, 3.63) is 88.1 Å². The molecular formula is C23H26. The zero-order valence-corrected chi connectivity index (χ0v) is 14.8. The van der Waals surface area contributed by atoms with E-state index in [1.807, 2.05) is 0 Å². The van der Waals surface area contributed by atoms with Crippen LogP contribution in [0.25, 0.3) is 5.57 Å². The smallest absolute Gasteiger partial charge is 0.00174 e. The second-order valence-corrected chi connectivity index (χ2v) is 7.14. The molecule has 1 aromatic rings. The predicted octanol–water partition coefficient (Wildman–Crippen LogP) is 6.40. The lowest BCUT2D eigenvalue weighted by Gasteiger charge is -2.13. The van der Waals surface area contributed by atoms with Crippen LogP contribution < -0.4 is 0 Å². The standard InChI is InChI=1S/C23H26/c1-14-9-16(3)23(17(4)10-14)21-8-7-20(12-21)13-22-11-15(2)18(5)19(22)6/h7-10,13,18H,2,6,11-12H2,1,3-5H3. The largest absolute Gasteiger partial charge is 0.0989 e. The van der Waals surface area contributed by atoms with E-state index >= 15 is 0 Å². The predicted molar refractivity (Wildman–Crippen MR) is 101 cm³/mol. The summed E-state index contributed by atoms with van der Waals surface area (Å²) in [5, 5.41) is 0. The number of aryl methyl sites for hydroxylation is 3.